The number of carbonyl (C=O) groups excluding carboxylic acids is 1. The van der Waals surface area contributed by atoms with Crippen molar-refractivity contribution in [3.8, 4) is 5.88 Å². The number of ether oxygens (including phenoxy) is 1. The van der Waals surface area contributed by atoms with Gasteiger partial charge >= 0.3 is 5.97 Å². The maximum atomic E-state index is 14.0. The minimum absolute atomic E-state index is 0.0359. The van der Waals surface area contributed by atoms with Gasteiger partial charge in [0.05, 0.1) is 5.69 Å². The molecule has 0 aromatic carbocycles. The number of amides is 1. The number of rotatable bonds is 6. The van der Waals surface area contributed by atoms with Crippen molar-refractivity contribution in [2.75, 3.05) is 4.90 Å². The highest BCUT2D eigenvalue weighted by molar-refractivity contribution is 7.14. The van der Waals surface area contributed by atoms with E-state index in [-0.39, 0.29) is 39.5 Å². The van der Waals surface area contributed by atoms with Gasteiger partial charge < -0.3 is 14.7 Å². The van der Waals surface area contributed by atoms with Gasteiger partial charge in [0, 0.05) is 29.1 Å². The molecule has 0 bridgehead atoms. The van der Waals surface area contributed by atoms with Crippen molar-refractivity contribution < 1.29 is 19.4 Å². The summed E-state index contributed by atoms with van der Waals surface area (Å²) in [6, 6.07) is 3.57. The molecule has 0 atom stereocenters. The largest absolute Gasteiger partial charge is 0.477 e. The fourth-order valence-electron chi connectivity index (χ4n) is 5.26. The van der Waals surface area contributed by atoms with Gasteiger partial charge in [-0.25, -0.2) is 9.78 Å². The number of aromatic carboxylic acids is 1. The van der Waals surface area contributed by atoms with E-state index in [1.165, 1.54) is 11.3 Å². The summed E-state index contributed by atoms with van der Waals surface area (Å²) in [4.78, 5) is 37.4. The summed E-state index contributed by atoms with van der Waals surface area (Å²) < 4.78 is 6.04. The predicted molar refractivity (Wildman–Crippen MR) is 142 cm³/mol. The van der Waals surface area contributed by atoms with E-state index in [0.29, 0.717) is 17.5 Å². The van der Waals surface area contributed by atoms with Crippen LogP contribution in [0.5, 0.6) is 5.88 Å². The van der Waals surface area contributed by atoms with Gasteiger partial charge in [-0.1, -0.05) is 27.7 Å². The molecule has 0 saturated heterocycles. The van der Waals surface area contributed by atoms with Crippen molar-refractivity contribution in [3.05, 3.63) is 33.4 Å². The third kappa shape index (κ3) is 6.20. The van der Waals surface area contributed by atoms with Gasteiger partial charge in [0.2, 0.25) is 17.1 Å². The van der Waals surface area contributed by atoms with Crippen LogP contribution >= 0.6 is 22.9 Å². The maximum Gasteiger partial charge on any atom is 0.348 e. The van der Waals surface area contributed by atoms with E-state index < -0.39 is 5.97 Å². The molecule has 36 heavy (non-hydrogen) atoms. The first-order valence-corrected chi connectivity index (χ1v) is 14.1. The van der Waals surface area contributed by atoms with Crippen LogP contribution in [-0.2, 0) is 10.2 Å². The van der Waals surface area contributed by atoms with Crippen LogP contribution in [0.25, 0.3) is 0 Å². The Hall–Kier alpha value is -2.19. The molecule has 2 fully saturated rings. The molecule has 0 radical (unpaired) electrons. The van der Waals surface area contributed by atoms with E-state index in [4.69, 9.17) is 16.3 Å². The molecule has 2 aliphatic rings. The standard InChI is InChI=1S/C27H36ClN3O4S/c1-16-5-7-17(8-6-16)24(32)31(20-15-21(27(2,3)4)36-23(20)25(33)34)18-9-11-19(12-10-18)35-22-13-14-29-26(28)30-22/h13-19H,5-12H2,1-4H3,(H,33,34). The number of nitrogens with zero attached hydrogens (tertiary/aromatic N) is 3. The monoisotopic (exact) mass is 533 g/mol. The summed E-state index contributed by atoms with van der Waals surface area (Å²) in [6.45, 7) is 8.46. The minimum Gasteiger partial charge on any atom is -0.477 e. The Labute approximate surface area is 222 Å². The molecule has 0 aliphatic heterocycles. The Bertz CT molecular complexity index is 1080. The number of carboxylic acid groups (broad SMARTS) is 1. The topological polar surface area (TPSA) is 92.6 Å². The molecular formula is C27H36ClN3O4S. The Kier molecular flexibility index (Phi) is 8.25. The van der Waals surface area contributed by atoms with E-state index >= 15 is 0 Å². The van der Waals surface area contributed by atoms with Crippen LogP contribution in [0.2, 0.25) is 5.28 Å². The van der Waals surface area contributed by atoms with Crippen LogP contribution in [0.3, 0.4) is 0 Å². The number of hydrogen-bond donors (Lipinski definition) is 1. The molecule has 7 nitrogen and oxygen atoms in total. The van der Waals surface area contributed by atoms with Crippen molar-refractivity contribution in [1.29, 1.82) is 0 Å². The number of thiophene rings is 1. The number of carbonyl (C=O) groups is 2. The lowest BCUT2D eigenvalue weighted by atomic mass is 9.81. The summed E-state index contributed by atoms with van der Waals surface area (Å²) in [5.74, 6) is 0.128. The molecular weight excluding hydrogens is 498 g/mol. The molecule has 2 saturated carbocycles. The molecule has 9 heteroatoms. The van der Waals surface area contributed by atoms with Crippen LogP contribution in [0, 0.1) is 11.8 Å². The molecule has 2 heterocycles. The highest BCUT2D eigenvalue weighted by Gasteiger charge is 2.38. The lowest BCUT2D eigenvalue weighted by Crippen LogP contribution is -2.47. The van der Waals surface area contributed by atoms with E-state index in [9.17, 15) is 14.7 Å². The van der Waals surface area contributed by atoms with Gasteiger partial charge in [-0.2, -0.15) is 4.98 Å². The fraction of sp³-hybridized carbons (Fsp3) is 0.630. The Morgan fingerprint density at radius 3 is 2.36 bits per heavy atom. The van der Waals surface area contributed by atoms with Crippen molar-refractivity contribution in [3.63, 3.8) is 0 Å². The zero-order chi connectivity index (χ0) is 26.0. The van der Waals surface area contributed by atoms with Crippen molar-refractivity contribution in [2.45, 2.75) is 96.6 Å². The van der Waals surface area contributed by atoms with Crippen molar-refractivity contribution in [2.24, 2.45) is 11.8 Å². The first-order chi connectivity index (χ1) is 17.0. The molecule has 2 aliphatic carbocycles. The van der Waals surface area contributed by atoms with Gasteiger partial charge in [-0.05, 0) is 80.4 Å². The normalized spacial score (nSPS) is 24.8. The predicted octanol–water partition coefficient (Wildman–Crippen LogP) is 6.74. The fourth-order valence-corrected chi connectivity index (χ4v) is 6.44. The summed E-state index contributed by atoms with van der Waals surface area (Å²) in [7, 11) is 0. The second kappa shape index (κ2) is 11.1. The molecule has 0 spiro atoms. The van der Waals surface area contributed by atoms with Gasteiger partial charge in [-0.3, -0.25) is 4.79 Å². The first kappa shape index (κ1) is 26.9. The van der Waals surface area contributed by atoms with Crippen LogP contribution < -0.4 is 9.64 Å². The number of carboxylic acids is 1. The summed E-state index contributed by atoms with van der Waals surface area (Å²) in [5.41, 5.74) is 0.361. The average Bonchev–Trinajstić information content (AvgIpc) is 3.27. The summed E-state index contributed by atoms with van der Waals surface area (Å²) >= 11 is 7.18. The van der Waals surface area contributed by atoms with Gasteiger partial charge in [0.1, 0.15) is 11.0 Å². The lowest BCUT2D eigenvalue weighted by Gasteiger charge is -2.39. The third-order valence-electron chi connectivity index (χ3n) is 7.40. The SMILES string of the molecule is CC1CCC(C(=O)N(c2cc(C(C)(C)C)sc2C(=O)O)C2CCC(Oc3ccnc(Cl)n3)CC2)CC1. The van der Waals surface area contributed by atoms with Crippen molar-refractivity contribution in [1.82, 2.24) is 9.97 Å². The van der Waals surface area contributed by atoms with E-state index in [2.05, 4.69) is 37.7 Å². The molecule has 2 aromatic heterocycles. The van der Waals surface area contributed by atoms with E-state index in [1.54, 1.807) is 12.3 Å². The Morgan fingerprint density at radius 1 is 1.11 bits per heavy atom. The second-order valence-corrected chi connectivity index (χ2v) is 12.6. The molecule has 1 amide bonds. The summed E-state index contributed by atoms with van der Waals surface area (Å²) in [5, 5.41) is 10.2. The first-order valence-electron chi connectivity index (χ1n) is 12.9. The van der Waals surface area contributed by atoms with E-state index in [1.807, 2.05) is 11.0 Å². The molecule has 2 aromatic rings. The van der Waals surface area contributed by atoms with E-state index in [0.717, 1.165) is 56.2 Å². The molecule has 0 unspecified atom stereocenters. The lowest BCUT2D eigenvalue weighted by molar-refractivity contribution is -0.124. The quantitative estimate of drug-likeness (QED) is 0.413. The highest BCUT2D eigenvalue weighted by Crippen LogP contribution is 2.42. The van der Waals surface area contributed by atoms with Crippen molar-refractivity contribution >= 4 is 40.5 Å². The Morgan fingerprint density at radius 2 is 1.78 bits per heavy atom. The smallest absolute Gasteiger partial charge is 0.348 e. The number of aromatic nitrogens is 2. The average molecular weight is 534 g/mol. The van der Waals surface area contributed by atoms with Gasteiger partial charge in [0.15, 0.2) is 0 Å². The van der Waals surface area contributed by atoms with Gasteiger partial charge in [0.25, 0.3) is 0 Å². The maximum absolute atomic E-state index is 14.0. The van der Waals surface area contributed by atoms with Crippen LogP contribution in [0.1, 0.15) is 93.6 Å². The summed E-state index contributed by atoms with van der Waals surface area (Å²) in [6.07, 6.45) is 8.29. The number of anilines is 1. The van der Waals surface area contributed by atoms with Crippen LogP contribution in [-0.4, -0.2) is 39.1 Å². The van der Waals surface area contributed by atoms with Gasteiger partial charge in [-0.15, -0.1) is 11.3 Å². The zero-order valence-electron chi connectivity index (χ0n) is 21.5. The van der Waals surface area contributed by atoms with Crippen LogP contribution in [0.4, 0.5) is 5.69 Å². The number of halogens is 1. The molecule has 4 rings (SSSR count). The van der Waals surface area contributed by atoms with Crippen LogP contribution in [0.15, 0.2) is 18.3 Å². The second-order valence-electron chi connectivity index (χ2n) is 11.3. The Balaban J connectivity index is 1.59. The molecule has 1 N–H and O–H groups in total. The zero-order valence-corrected chi connectivity index (χ0v) is 23.1. The molecule has 196 valence electrons. The third-order valence-corrected chi connectivity index (χ3v) is 9.13. The number of hydrogen-bond acceptors (Lipinski definition) is 6. The highest BCUT2D eigenvalue weighted by atomic mass is 35.5. The minimum atomic E-state index is -0.974.